The number of hydrogen-bond acceptors (Lipinski definition) is 1. The zero-order chi connectivity index (χ0) is 12.3. The fourth-order valence-electron chi connectivity index (χ4n) is 2.45. The largest absolute Gasteiger partial charge is 0.493 e. The van der Waals surface area contributed by atoms with Crippen LogP contribution in [-0.2, 0) is 12.8 Å². The molecule has 1 unspecified atom stereocenters. The Labute approximate surface area is 113 Å². The lowest BCUT2D eigenvalue weighted by molar-refractivity contribution is 0.351. The Morgan fingerprint density at radius 1 is 1.41 bits per heavy atom. The van der Waals surface area contributed by atoms with Crippen LogP contribution in [0.1, 0.15) is 30.9 Å². The van der Waals surface area contributed by atoms with Crippen LogP contribution in [0.3, 0.4) is 0 Å². The number of ether oxygens (including phenoxy) is 1. The molecule has 0 radical (unpaired) electrons. The molecule has 0 N–H and O–H groups in total. The molecular formula is C14H18Cl2O. The highest BCUT2D eigenvalue weighted by molar-refractivity contribution is 6.30. The molecule has 0 bridgehead atoms. The molecular weight excluding hydrogens is 255 g/mol. The summed E-state index contributed by atoms with van der Waals surface area (Å²) in [7, 11) is 0. The van der Waals surface area contributed by atoms with Crippen molar-refractivity contribution in [1.29, 1.82) is 0 Å². The number of fused-ring (bicyclic) bond motifs is 1. The highest BCUT2D eigenvalue weighted by Crippen LogP contribution is 2.34. The molecule has 1 aromatic rings. The topological polar surface area (TPSA) is 9.23 Å². The minimum atomic E-state index is 0.522. The van der Waals surface area contributed by atoms with Crippen molar-refractivity contribution in [2.24, 2.45) is 5.92 Å². The Hall–Kier alpha value is -0.400. The van der Waals surface area contributed by atoms with E-state index in [-0.39, 0.29) is 0 Å². The summed E-state index contributed by atoms with van der Waals surface area (Å²) in [6.45, 7) is 2.97. The third kappa shape index (κ3) is 3.08. The van der Waals surface area contributed by atoms with E-state index in [0.29, 0.717) is 11.8 Å². The molecule has 2 rings (SSSR count). The van der Waals surface area contributed by atoms with E-state index >= 15 is 0 Å². The maximum Gasteiger partial charge on any atom is 0.125 e. The van der Waals surface area contributed by atoms with E-state index in [1.165, 1.54) is 17.5 Å². The van der Waals surface area contributed by atoms with E-state index < -0.39 is 0 Å². The quantitative estimate of drug-likeness (QED) is 0.719. The van der Waals surface area contributed by atoms with Gasteiger partial charge in [-0.25, -0.2) is 0 Å². The molecule has 0 aromatic heterocycles. The van der Waals surface area contributed by atoms with Gasteiger partial charge in [0, 0.05) is 17.3 Å². The maximum atomic E-state index is 6.14. The Morgan fingerprint density at radius 3 is 2.94 bits per heavy atom. The van der Waals surface area contributed by atoms with Crippen molar-refractivity contribution >= 4 is 23.2 Å². The van der Waals surface area contributed by atoms with Gasteiger partial charge in [0.2, 0.25) is 0 Å². The molecule has 94 valence electrons. The first kappa shape index (κ1) is 13.0. The molecule has 1 atom stereocenters. The fourth-order valence-corrected chi connectivity index (χ4v) is 2.98. The molecule has 0 saturated heterocycles. The van der Waals surface area contributed by atoms with Crippen LogP contribution in [-0.4, -0.2) is 12.5 Å². The van der Waals surface area contributed by atoms with Gasteiger partial charge in [-0.3, -0.25) is 0 Å². The second-order valence-electron chi connectivity index (χ2n) is 4.66. The van der Waals surface area contributed by atoms with Gasteiger partial charge in [0.15, 0.2) is 0 Å². The monoisotopic (exact) mass is 272 g/mol. The Bertz CT molecular complexity index is 390. The lowest BCUT2D eigenvalue weighted by Crippen LogP contribution is -2.07. The summed E-state index contributed by atoms with van der Waals surface area (Å²) in [6, 6.07) is 4.05. The summed E-state index contributed by atoms with van der Waals surface area (Å²) in [5.74, 6) is 2.28. The number of hydrogen-bond donors (Lipinski definition) is 0. The smallest absolute Gasteiger partial charge is 0.125 e. The predicted molar refractivity (Wildman–Crippen MR) is 73.5 cm³/mol. The van der Waals surface area contributed by atoms with Gasteiger partial charge < -0.3 is 4.74 Å². The van der Waals surface area contributed by atoms with Crippen molar-refractivity contribution in [2.75, 3.05) is 12.5 Å². The minimum Gasteiger partial charge on any atom is -0.493 e. The predicted octanol–water partition coefficient (Wildman–Crippen LogP) is 4.47. The molecule has 1 nitrogen and oxygen atoms in total. The lowest BCUT2D eigenvalue weighted by atomic mass is 9.95. The van der Waals surface area contributed by atoms with Gasteiger partial charge in [-0.15, -0.1) is 11.6 Å². The highest BCUT2D eigenvalue weighted by atomic mass is 35.5. The van der Waals surface area contributed by atoms with E-state index in [9.17, 15) is 0 Å². The summed E-state index contributed by atoms with van der Waals surface area (Å²) in [5.41, 5.74) is 2.47. The van der Waals surface area contributed by atoms with Crippen LogP contribution in [0.5, 0.6) is 5.75 Å². The second-order valence-corrected chi connectivity index (χ2v) is 5.41. The maximum absolute atomic E-state index is 6.14. The highest BCUT2D eigenvalue weighted by Gasteiger charge is 2.19. The average molecular weight is 273 g/mol. The number of halogens is 2. The summed E-state index contributed by atoms with van der Waals surface area (Å²) < 4.78 is 5.71. The van der Waals surface area contributed by atoms with E-state index in [1.807, 2.05) is 12.1 Å². The molecule has 0 aliphatic carbocycles. The molecule has 1 aliphatic heterocycles. The van der Waals surface area contributed by atoms with Crippen molar-refractivity contribution in [3.63, 3.8) is 0 Å². The van der Waals surface area contributed by atoms with Crippen molar-refractivity contribution in [1.82, 2.24) is 0 Å². The molecule has 1 heterocycles. The molecule has 0 saturated carbocycles. The summed E-state index contributed by atoms with van der Waals surface area (Å²) in [5, 5.41) is 0.814. The van der Waals surface area contributed by atoms with Gasteiger partial charge in [0.05, 0.1) is 6.61 Å². The molecule has 1 aromatic carbocycles. The van der Waals surface area contributed by atoms with Crippen molar-refractivity contribution < 1.29 is 4.74 Å². The molecule has 0 spiro atoms. The van der Waals surface area contributed by atoms with Crippen molar-refractivity contribution in [3.8, 4) is 5.75 Å². The van der Waals surface area contributed by atoms with Crippen LogP contribution in [0.4, 0.5) is 0 Å². The minimum absolute atomic E-state index is 0.522. The van der Waals surface area contributed by atoms with E-state index in [1.54, 1.807) is 0 Å². The Morgan fingerprint density at radius 2 is 2.24 bits per heavy atom. The normalized spacial score (nSPS) is 15.5. The number of benzene rings is 1. The molecule has 3 heteroatoms. The van der Waals surface area contributed by atoms with Crippen molar-refractivity contribution in [2.45, 2.75) is 32.6 Å². The zero-order valence-corrected chi connectivity index (χ0v) is 11.7. The van der Waals surface area contributed by atoms with E-state index in [0.717, 1.165) is 36.6 Å². The number of alkyl halides is 1. The summed E-state index contributed by atoms with van der Waals surface area (Å²) >= 11 is 12.2. The van der Waals surface area contributed by atoms with E-state index in [4.69, 9.17) is 27.9 Å². The standard InChI is InChI=1S/C14H18Cl2O/c1-2-3-10(9-15)6-12-8-13(16)7-11-4-5-17-14(11)12/h7-8,10H,2-6,9H2,1H3. The van der Waals surface area contributed by atoms with Crippen LogP contribution in [0.2, 0.25) is 5.02 Å². The van der Waals surface area contributed by atoms with Crippen LogP contribution in [0.15, 0.2) is 12.1 Å². The Balaban J connectivity index is 2.20. The van der Waals surface area contributed by atoms with Crippen molar-refractivity contribution in [3.05, 3.63) is 28.3 Å². The van der Waals surface area contributed by atoms with Gasteiger partial charge in [-0.2, -0.15) is 0 Å². The van der Waals surface area contributed by atoms with Crippen LogP contribution in [0.25, 0.3) is 0 Å². The van der Waals surface area contributed by atoms with Gasteiger partial charge in [0.25, 0.3) is 0 Å². The first-order chi connectivity index (χ1) is 8.24. The van der Waals surface area contributed by atoms with Crippen LogP contribution < -0.4 is 4.74 Å². The van der Waals surface area contributed by atoms with Crippen LogP contribution >= 0.6 is 23.2 Å². The molecule has 17 heavy (non-hydrogen) atoms. The Kier molecular flexibility index (Phi) is 4.58. The van der Waals surface area contributed by atoms with Gasteiger partial charge >= 0.3 is 0 Å². The summed E-state index contributed by atoms with van der Waals surface area (Å²) in [6.07, 6.45) is 4.27. The fraction of sp³-hybridized carbons (Fsp3) is 0.571. The van der Waals surface area contributed by atoms with E-state index in [2.05, 4.69) is 6.92 Å². The average Bonchev–Trinajstić information content (AvgIpc) is 2.76. The SMILES string of the molecule is CCCC(CCl)Cc1cc(Cl)cc2c1OCC2. The third-order valence-electron chi connectivity index (χ3n) is 3.25. The molecule has 1 aliphatic rings. The molecule has 0 fully saturated rings. The first-order valence-corrected chi connectivity index (χ1v) is 7.16. The van der Waals surface area contributed by atoms with Gasteiger partial charge in [0.1, 0.15) is 5.75 Å². The first-order valence-electron chi connectivity index (χ1n) is 6.24. The zero-order valence-electron chi connectivity index (χ0n) is 10.1. The molecule has 0 amide bonds. The van der Waals surface area contributed by atoms with Crippen LogP contribution in [0, 0.1) is 5.92 Å². The third-order valence-corrected chi connectivity index (χ3v) is 3.90. The van der Waals surface area contributed by atoms with Gasteiger partial charge in [-0.1, -0.05) is 24.9 Å². The second kappa shape index (κ2) is 5.97. The summed E-state index contributed by atoms with van der Waals surface area (Å²) in [4.78, 5) is 0. The number of rotatable bonds is 5. The lowest BCUT2D eigenvalue weighted by Gasteiger charge is -2.15. The van der Waals surface area contributed by atoms with Gasteiger partial charge in [-0.05, 0) is 42.0 Å².